The molecule has 0 bridgehead atoms. The van der Waals surface area contributed by atoms with Crippen LogP contribution in [0.2, 0.25) is 10.0 Å². The van der Waals surface area contributed by atoms with E-state index in [1.54, 1.807) is 12.1 Å². The van der Waals surface area contributed by atoms with Gasteiger partial charge in [0, 0.05) is 23.3 Å². The molecule has 0 heterocycles. The summed E-state index contributed by atoms with van der Waals surface area (Å²) >= 11 is 18.7. The van der Waals surface area contributed by atoms with Crippen molar-refractivity contribution in [2.24, 2.45) is 5.41 Å². The molecule has 0 N–H and O–H groups in total. The summed E-state index contributed by atoms with van der Waals surface area (Å²) in [4.78, 5) is 22.5. The maximum atomic E-state index is 11.9. The van der Waals surface area contributed by atoms with Crippen molar-refractivity contribution >= 4 is 52.1 Å². The Labute approximate surface area is 182 Å². The van der Waals surface area contributed by atoms with E-state index in [0.29, 0.717) is 25.1 Å². The largest absolute Gasteiger partial charge is 1.00 e. The number of hydrogen-bond acceptors (Lipinski definition) is 4. The number of fused-ring (bicyclic) bond motifs is 3. The molecule has 0 saturated carbocycles. The molecule has 1 aromatic rings. The number of benzene rings is 1. The number of carbonyl (C=O) groups is 2. The van der Waals surface area contributed by atoms with Gasteiger partial charge in [0.1, 0.15) is 17.4 Å². The fourth-order valence-electron chi connectivity index (χ4n) is 3.62. The summed E-state index contributed by atoms with van der Waals surface area (Å²) in [7, 11) is 0. The van der Waals surface area contributed by atoms with Gasteiger partial charge in [0.05, 0.1) is 11.0 Å². The summed E-state index contributed by atoms with van der Waals surface area (Å²) in [5.41, 5.74) is 2.30. The number of hydrogen-bond donors (Lipinski definition) is 0. The van der Waals surface area contributed by atoms with Crippen LogP contribution in [0.1, 0.15) is 30.4 Å². The normalized spacial score (nSPS) is 21.1. The monoisotopic (exact) mass is 410 g/mol. The molecule has 3 rings (SSSR count). The van der Waals surface area contributed by atoms with Crippen molar-refractivity contribution in [2.45, 2.75) is 25.7 Å². The van der Waals surface area contributed by atoms with E-state index in [0.717, 1.165) is 23.1 Å². The standard InChI is InChI=1S/C17H15Cl3O4.Na/c18-4-3-17-2-1-10(21)6-11(17)14-9(7-17)5-12(15(19)16(14)20)24-8-13(22)23;/h5-6H,1-4,7-8H2,(H,22,23);/q;+1/p-1. The Morgan fingerprint density at radius 3 is 2.68 bits per heavy atom. The van der Waals surface area contributed by atoms with Crippen LogP contribution in [0, 0.1) is 5.41 Å². The van der Waals surface area contributed by atoms with Crippen LogP contribution in [0.4, 0.5) is 0 Å². The number of alkyl halides is 1. The van der Waals surface area contributed by atoms with E-state index < -0.39 is 12.6 Å². The molecular weight excluding hydrogens is 398 g/mol. The van der Waals surface area contributed by atoms with Gasteiger partial charge in [-0.3, -0.25) is 4.79 Å². The number of ether oxygens (including phenoxy) is 1. The molecule has 2 aliphatic rings. The van der Waals surface area contributed by atoms with E-state index in [2.05, 4.69) is 0 Å². The third kappa shape index (κ3) is 3.90. The number of carbonyl (C=O) groups excluding carboxylic acids is 2. The molecule has 0 amide bonds. The summed E-state index contributed by atoms with van der Waals surface area (Å²) in [5, 5.41) is 11.0. The molecule has 25 heavy (non-hydrogen) atoms. The van der Waals surface area contributed by atoms with Crippen LogP contribution in [0.3, 0.4) is 0 Å². The predicted molar refractivity (Wildman–Crippen MR) is 90.7 cm³/mol. The first-order valence-corrected chi connectivity index (χ1v) is 8.82. The van der Waals surface area contributed by atoms with Crippen molar-refractivity contribution < 1.29 is 49.0 Å². The minimum atomic E-state index is -1.34. The molecule has 128 valence electrons. The second kappa shape index (κ2) is 8.20. The summed E-state index contributed by atoms with van der Waals surface area (Å²) in [6, 6.07) is 1.70. The third-order valence-corrected chi connectivity index (χ3v) is 5.74. The van der Waals surface area contributed by atoms with Gasteiger partial charge in [-0.25, -0.2) is 0 Å². The predicted octanol–water partition coefficient (Wildman–Crippen LogP) is 0.0438. The first-order valence-electron chi connectivity index (χ1n) is 7.53. The van der Waals surface area contributed by atoms with Crippen molar-refractivity contribution in [1.82, 2.24) is 0 Å². The molecule has 0 spiro atoms. The maximum Gasteiger partial charge on any atom is 1.00 e. The van der Waals surface area contributed by atoms with Gasteiger partial charge in [0.25, 0.3) is 0 Å². The minimum Gasteiger partial charge on any atom is -0.546 e. The van der Waals surface area contributed by atoms with Gasteiger partial charge in [-0.1, -0.05) is 23.2 Å². The number of ketones is 1. The maximum absolute atomic E-state index is 11.9. The zero-order valence-corrected chi connectivity index (χ0v) is 17.9. The quantitative estimate of drug-likeness (QED) is 0.507. The fraction of sp³-hybridized carbons (Fsp3) is 0.412. The first-order chi connectivity index (χ1) is 11.4. The Morgan fingerprint density at radius 1 is 1.32 bits per heavy atom. The van der Waals surface area contributed by atoms with Crippen molar-refractivity contribution in [1.29, 1.82) is 0 Å². The summed E-state index contributed by atoms with van der Waals surface area (Å²) in [6.07, 6.45) is 4.24. The van der Waals surface area contributed by atoms with Gasteiger partial charge >= 0.3 is 29.6 Å². The Balaban J connectivity index is 0.00000225. The molecule has 2 aliphatic carbocycles. The van der Waals surface area contributed by atoms with Crippen molar-refractivity contribution in [3.63, 3.8) is 0 Å². The molecule has 1 aromatic carbocycles. The molecule has 0 fully saturated rings. The molecule has 1 unspecified atom stereocenters. The van der Waals surface area contributed by atoms with Gasteiger partial charge < -0.3 is 14.6 Å². The summed E-state index contributed by atoms with van der Waals surface area (Å²) in [5.74, 6) is -0.606. The van der Waals surface area contributed by atoms with E-state index in [-0.39, 0.29) is 56.6 Å². The molecular formula is C17H14Cl3NaO4. The summed E-state index contributed by atoms with van der Waals surface area (Å²) in [6.45, 7) is -0.608. The van der Waals surface area contributed by atoms with Crippen molar-refractivity contribution in [2.75, 3.05) is 12.5 Å². The Morgan fingerprint density at radius 2 is 2.04 bits per heavy atom. The van der Waals surface area contributed by atoms with Crippen LogP contribution in [-0.2, 0) is 16.0 Å². The Hall–Kier alpha value is -0.230. The minimum absolute atomic E-state index is 0. The topological polar surface area (TPSA) is 66.4 Å². The molecule has 1 atom stereocenters. The molecule has 0 aromatic heterocycles. The van der Waals surface area contributed by atoms with Gasteiger partial charge in [-0.05, 0) is 42.5 Å². The van der Waals surface area contributed by atoms with E-state index >= 15 is 0 Å². The van der Waals surface area contributed by atoms with Gasteiger partial charge in [0.15, 0.2) is 5.78 Å². The first kappa shape index (κ1) is 21.1. The summed E-state index contributed by atoms with van der Waals surface area (Å²) < 4.78 is 5.18. The molecule has 0 aliphatic heterocycles. The van der Waals surface area contributed by atoms with Crippen LogP contribution in [0.25, 0.3) is 5.57 Å². The molecule has 0 saturated heterocycles. The average molecular weight is 412 g/mol. The van der Waals surface area contributed by atoms with Crippen LogP contribution < -0.4 is 39.4 Å². The number of carboxylic acids is 1. The Kier molecular flexibility index (Phi) is 6.91. The molecule has 0 radical (unpaired) electrons. The number of rotatable bonds is 5. The van der Waals surface area contributed by atoms with Crippen LogP contribution in [0.5, 0.6) is 5.75 Å². The van der Waals surface area contributed by atoms with E-state index in [1.165, 1.54) is 0 Å². The average Bonchev–Trinajstić information content (AvgIpc) is 2.83. The molecule has 8 heteroatoms. The fourth-order valence-corrected chi connectivity index (χ4v) is 4.50. The number of aliphatic carboxylic acids is 1. The van der Waals surface area contributed by atoms with E-state index in [9.17, 15) is 14.7 Å². The zero-order valence-electron chi connectivity index (χ0n) is 13.7. The smallest absolute Gasteiger partial charge is 0.546 e. The van der Waals surface area contributed by atoms with Gasteiger partial charge in [0.2, 0.25) is 0 Å². The Bertz CT molecular complexity index is 763. The SMILES string of the molecule is O=C([O-])COc1cc2c(c(Cl)c1Cl)C1=CC(=O)CCC1(CCCl)C2.[Na+]. The van der Waals surface area contributed by atoms with Crippen LogP contribution in [-0.4, -0.2) is 24.2 Å². The van der Waals surface area contributed by atoms with Crippen molar-refractivity contribution in [3.8, 4) is 5.75 Å². The third-order valence-electron chi connectivity index (χ3n) is 4.70. The van der Waals surface area contributed by atoms with Gasteiger partial charge in [-0.15, -0.1) is 11.6 Å². The van der Waals surface area contributed by atoms with Gasteiger partial charge in [-0.2, -0.15) is 0 Å². The number of halogens is 3. The zero-order chi connectivity index (χ0) is 17.5. The number of allylic oxidation sites excluding steroid dienone is 2. The van der Waals surface area contributed by atoms with Crippen LogP contribution >= 0.6 is 34.8 Å². The van der Waals surface area contributed by atoms with E-state index in [1.807, 2.05) is 0 Å². The second-order valence-corrected chi connectivity index (χ2v) is 7.25. The second-order valence-electron chi connectivity index (χ2n) is 6.12. The van der Waals surface area contributed by atoms with E-state index in [4.69, 9.17) is 39.5 Å². The van der Waals surface area contributed by atoms with Crippen LogP contribution in [0.15, 0.2) is 12.1 Å². The number of carboxylic acid groups (broad SMARTS) is 1. The molecule has 4 nitrogen and oxygen atoms in total. The van der Waals surface area contributed by atoms with Crippen molar-refractivity contribution in [3.05, 3.63) is 33.3 Å².